The summed E-state index contributed by atoms with van der Waals surface area (Å²) in [6, 6.07) is 3.26. The maximum absolute atomic E-state index is 11.3. The fourth-order valence-corrected chi connectivity index (χ4v) is 1.83. The first-order valence-electron chi connectivity index (χ1n) is 5.46. The van der Waals surface area contributed by atoms with Crippen LogP contribution in [0.3, 0.4) is 0 Å². The SMILES string of the molecule is CNC(=O)Oc1cc(Cl)cc2c1OC(C)(C)OC2. The largest absolute Gasteiger partial charge is 0.459 e. The second-order valence-electron chi connectivity index (χ2n) is 4.32. The van der Waals surface area contributed by atoms with Gasteiger partial charge in [-0.3, -0.25) is 0 Å². The number of carbonyl (C=O) groups excluding carboxylic acids is 1. The van der Waals surface area contributed by atoms with Gasteiger partial charge in [0.1, 0.15) is 0 Å². The number of nitrogens with one attached hydrogen (secondary N) is 1. The van der Waals surface area contributed by atoms with Gasteiger partial charge in [-0.2, -0.15) is 0 Å². The minimum atomic E-state index is -0.762. The van der Waals surface area contributed by atoms with E-state index in [2.05, 4.69) is 5.32 Å². The highest BCUT2D eigenvalue weighted by Gasteiger charge is 2.30. The van der Waals surface area contributed by atoms with E-state index in [1.165, 1.54) is 13.1 Å². The highest BCUT2D eigenvalue weighted by atomic mass is 35.5. The lowest BCUT2D eigenvalue weighted by Gasteiger charge is -2.33. The van der Waals surface area contributed by atoms with E-state index in [1.54, 1.807) is 19.9 Å². The summed E-state index contributed by atoms with van der Waals surface area (Å²) in [5.74, 6) is 0.00854. The lowest BCUT2D eigenvalue weighted by atomic mass is 10.1. The van der Waals surface area contributed by atoms with Crippen LogP contribution in [0.1, 0.15) is 19.4 Å². The molecule has 0 saturated heterocycles. The van der Waals surface area contributed by atoms with E-state index in [0.717, 1.165) is 5.56 Å². The van der Waals surface area contributed by atoms with E-state index in [0.29, 0.717) is 17.4 Å². The molecule has 18 heavy (non-hydrogen) atoms. The van der Waals surface area contributed by atoms with Gasteiger partial charge in [0.25, 0.3) is 0 Å². The quantitative estimate of drug-likeness (QED) is 0.853. The van der Waals surface area contributed by atoms with Crippen molar-refractivity contribution in [2.45, 2.75) is 26.2 Å². The van der Waals surface area contributed by atoms with E-state index in [9.17, 15) is 4.79 Å². The first kappa shape index (κ1) is 13.0. The first-order chi connectivity index (χ1) is 8.41. The minimum absolute atomic E-state index is 0.285. The Hall–Kier alpha value is -1.46. The molecule has 6 heteroatoms. The van der Waals surface area contributed by atoms with Crippen molar-refractivity contribution < 1.29 is 19.0 Å². The van der Waals surface area contributed by atoms with Gasteiger partial charge >= 0.3 is 6.09 Å². The molecule has 0 bridgehead atoms. The van der Waals surface area contributed by atoms with E-state index in [4.69, 9.17) is 25.8 Å². The van der Waals surface area contributed by atoms with Gasteiger partial charge in [0.05, 0.1) is 6.61 Å². The number of benzene rings is 1. The summed E-state index contributed by atoms with van der Waals surface area (Å²) in [6.45, 7) is 3.93. The Labute approximate surface area is 110 Å². The van der Waals surface area contributed by atoms with Crippen molar-refractivity contribution in [3.63, 3.8) is 0 Å². The molecule has 0 spiro atoms. The predicted molar refractivity (Wildman–Crippen MR) is 66.0 cm³/mol. The summed E-state index contributed by atoms with van der Waals surface area (Å²) in [5, 5.41) is 2.83. The summed E-state index contributed by atoms with van der Waals surface area (Å²) in [6.07, 6.45) is -0.577. The second-order valence-corrected chi connectivity index (χ2v) is 4.76. The Balaban J connectivity index is 2.40. The molecule has 0 aromatic heterocycles. The molecule has 1 aliphatic heterocycles. The van der Waals surface area contributed by atoms with Crippen molar-refractivity contribution in [2.75, 3.05) is 7.05 Å². The van der Waals surface area contributed by atoms with Gasteiger partial charge in [-0.25, -0.2) is 4.79 Å². The molecular weight excluding hydrogens is 258 g/mol. The number of hydrogen-bond acceptors (Lipinski definition) is 4. The normalized spacial score (nSPS) is 16.4. The average Bonchev–Trinajstić information content (AvgIpc) is 2.29. The topological polar surface area (TPSA) is 56.8 Å². The number of rotatable bonds is 1. The molecule has 0 saturated carbocycles. The standard InChI is InChI=1S/C12H14ClNO4/c1-12(2)16-6-7-4-8(13)5-9(10(7)18-12)17-11(15)14-3/h4-5H,6H2,1-3H3,(H,14,15). The number of fused-ring (bicyclic) bond motifs is 1. The molecule has 1 aromatic carbocycles. The average molecular weight is 272 g/mol. The Bertz CT molecular complexity index is 487. The zero-order chi connectivity index (χ0) is 13.3. The zero-order valence-corrected chi connectivity index (χ0v) is 11.1. The molecule has 0 radical (unpaired) electrons. The fraction of sp³-hybridized carbons (Fsp3) is 0.417. The van der Waals surface area contributed by atoms with Gasteiger partial charge in [0.15, 0.2) is 11.5 Å². The molecule has 1 aromatic rings. The molecule has 98 valence electrons. The van der Waals surface area contributed by atoms with Crippen LogP contribution in [0, 0.1) is 0 Å². The van der Waals surface area contributed by atoms with Crippen molar-refractivity contribution in [3.8, 4) is 11.5 Å². The van der Waals surface area contributed by atoms with Crippen LogP contribution < -0.4 is 14.8 Å². The number of amides is 1. The van der Waals surface area contributed by atoms with E-state index in [-0.39, 0.29) is 5.75 Å². The summed E-state index contributed by atoms with van der Waals surface area (Å²) in [5.41, 5.74) is 0.751. The third-order valence-electron chi connectivity index (χ3n) is 2.43. The van der Waals surface area contributed by atoms with Gasteiger partial charge in [-0.05, 0) is 6.07 Å². The summed E-state index contributed by atoms with van der Waals surface area (Å²) in [4.78, 5) is 11.3. The predicted octanol–water partition coefficient (Wildman–Crippen LogP) is 2.70. The lowest BCUT2D eigenvalue weighted by Crippen LogP contribution is -2.35. The monoisotopic (exact) mass is 271 g/mol. The van der Waals surface area contributed by atoms with Crippen LogP contribution in [0.25, 0.3) is 0 Å². The van der Waals surface area contributed by atoms with E-state index < -0.39 is 11.9 Å². The molecule has 1 amide bonds. The maximum atomic E-state index is 11.3. The molecule has 0 aliphatic carbocycles. The summed E-state index contributed by atoms with van der Waals surface area (Å²) >= 11 is 5.96. The van der Waals surface area contributed by atoms with Crippen LogP contribution in [0.5, 0.6) is 11.5 Å². The number of ether oxygens (including phenoxy) is 3. The van der Waals surface area contributed by atoms with Crippen LogP contribution >= 0.6 is 11.6 Å². The van der Waals surface area contributed by atoms with Gasteiger partial charge < -0.3 is 19.5 Å². The number of carbonyl (C=O) groups is 1. The Morgan fingerprint density at radius 2 is 2.22 bits per heavy atom. The van der Waals surface area contributed by atoms with Crippen molar-refractivity contribution in [3.05, 3.63) is 22.7 Å². The third kappa shape index (κ3) is 2.68. The Kier molecular flexibility index (Phi) is 3.36. The fourth-order valence-electron chi connectivity index (χ4n) is 1.60. The second kappa shape index (κ2) is 4.66. The van der Waals surface area contributed by atoms with Gasteiger partial charge in [-0.1, -0.05) is 11.6 Å². The molecule has 1 N–H and O–H groups in total. The van der Waals surface area contributed by atoms with Crippen molar-refractivity contribution >= 4 is 17.7 Å². The lowest BCUT2D eigenvalue weighted by molar-refractivity contribution is -0.180. The smallest absolute Gasteiger partial charge is 0.412 e. The van der Waals surface area contributed by atoms with E-state index in [1.807, 2.05) is 0 Å². The molecule has 0 unspecified atom stereocenters. The number of hydrogen-bond donors (Lipinski definition) is 1. The van der Waals surface area contributed by atoms with Crippen LogP contribution in [0.4, 0.5) is 4.79 Å². The number of halogens is 1. The highest BCUT2D eigenvalue weighted by molar-refractivity contribution is 6.30. The summed E-state index contributed by atoms with van der Waals surface area (Å²) < 4.78 is 16.3. The van der Waals surface area contributed by atoms with Crippen LogP contribution in [0.15, 0.2) is 12.1 Å². The summed E-state index contributed by atoms with van der Waals surface area (Å²) in [7, 11) is 1.48. The van der Waals surface area contributed by atoms with Gasteiger partial charge in [0.2, 0.25) is 5.79 Å². The molecule has 0 fully saturated rings. The van der Waals surface area contributed by atoms with E-state index >= 15 is 0 Å². The van der Waals surface area contributed by atoms with Gasteiger partial charge in [0, 0.05) is 37.5 Å². The molecule has 0 atom stereocenters. The zero-order valence-electron chi connectivity index (χ0n) is 10.4. The van der Waals surface area contributed by atoms with Crippen LogP contribution in [-0.4, -0.2) is 18.9 Å². The first-order valence-corrected chi connectivity index (χ1v) is 5.84. The molecule has 2 rings (SSSR count). The van der Waals surface area contributed by atoms with Crippen molar-refractivity contribution in [1.82, 2.24) is 5.32 Å². The maximum Gasteiger partial charge on any atom is 0.412 e. The minimum Gasteiger partial charge on any atom is -0.459 e. The van der Waals surface area contributed by atoms with Gasteiger partial charge in [-0.15, -0.1) is 0 Å². The molecule has 5 nitrogen and oxygen atoms in total. The Morgan fingerprint density at radius 1 is 1.50 bits per heavy atom. The highest BCUT2D eigenvalue weighted by Crippen LogP contribution is 2.41. The third-order valence-corrected chi connectivity index (χ3v) is 2.64. The molecular formula is C12H14ClNO4. The van der Waals surface area contributed by atoms with Crippen LogP contribution in [0.2, 0.25) is 5.02 Å². The Morgan fingerprint density at radius 3 is 2.89 bits per heavy atom. The van der Waals surface area contributed by atoms with Crippen molar-refractivity contribution in [2.24, 2.45) is 0 Å². The van der Waals surface area contributed by atoms with Crippen LogP contribution in [-0.2, 0) is 11.3 Å². The van der Waals surface area contributed by atoms with Crippen molar-refractivity contribution in [1.29, 1.82) is 0 Å². The molecule has 1 heterocycles. The molecule has 1 aliphatic rings.